The van der Waals surface area contributed by atoms with E-state index in [1.807, 2.05) is 78.2 Å². The molecule has 0 atom stereocenters. The van der Waals surface area contributed by atoms with Crippen molar-refractivity contribution < 1.29 is 4.79 Å². The maximum Gasteiger partial charge on any atom is 0.225 e. The van der Waals surface area contributed by atoms with Crippen LogP contribution >= 0.6 is 11.8 Å². The molecule has 0 fully saturated rings. The molecule has 0 saturated carbocycles. The predicted octanol–water partition coefficient (Wildman–Crippen LogP) is 5.62. The minimum Gasteiger partial charge on any atom is -0.378 e. The van der Waals surface area contributed by atoms with Crippen molar-refractivity contribution in [2.45, 2.75) is 32.0 Å². The molecule has 0 unspecified atom stereocenters. The van der Waals surface area contributed by atoms with Crippen LogP contribution in [0.3, 0.4) is 0 Å². The van der Waals surface area contributed by atoms with E-state index < -0.39 is 0 Å². The quantitative estimate of drug-likeness (QED) is 0.319. The molecule has 168 valence electrons. The molecule has 33 heavy (non-hydrogen) atoms. The summed E-state index contributed by atoms with van der Waals surface area (Å²) in [6.07, 6.45) is 0.386. The lowest BCUT2D eigenvalue weighted by molar-refractivity contribution is -0.115. The second kappa shape index (κ2) is 10.8. The summed E-state index contributed by atoms with van der Waals surface area (Å²) < 4.78 is 2.05. The highest BCUT2D eigenvalue weighted by atomic mass is 32.2. The highest BCUT2D eigenvalue weighted by Gasteiger charge is 2.15. The molecule has 4 aromatic rings. The van der Waals surface area contributed by atoms with Gasteiger partial charge >= 0.3 is 0 Å². The first kappa shape index (κ1) is 22.6. The number of nitrogens with one attached hydrogen (secondary N) is 2. The Kier molecular flexibility index (Phi) is 7.42. The van der Waals surface area contributed by atoms with E-state index in [1.54, 1.807) is 0 Å². The van der Waals surface area contributed by atoms with Crippen LogP contribution in [0.2, 0.25) is 0 Å². The number of amides is 1. The Bertz CT molecular complexity index is 1210. The number of aryl methyl sites for hydroxylation is 2. The van der Waals surface area contributed by atoms with Crippen molar-refractivity contribution in [2.75, 3.05) is 16.4 Å². The predicted molar refractivity (Wildman–Crippen MR) is 135 cm³/mol. The smallest absolute Gasteiger partial charge is 0.225 e. The van der Waals surface area contributed by atoms with Crippen molar-refractivity contribution in [3.63, 3.8) is 0 Å². The molecule has 6 nitrogen and oxygen atoms in total. The maximum absolute atomic E-state index is 12.4. The molecular formula is C26H27N5OS. The molecule has 1 heterocycles. The zero-order chi connectivity index (χ0) is 23.0. The van der Waals surface area contributed by atoms with Gasteiger partial charge in [-0.1, -0.05) is 65.9 Å². The van der Waals surface area contributed by atoms with Crippen LogP contribution in [0.1, 0.15) is 23.4 Å². The third-order valence-electron chi connectivity index (χ3n) is 5.19. The number of anilines is 2. The number of aromatic nitrogens is 3. The lowest BCUT2D eigenvalue weighted by Gasteiger charge is -2.12. The molecule has 0 saturated heterocycles. The zero-order valence-corrected chi connectivity index (χ0v) is 19.6. The molecular weight excluding hydrogens is 430 g/mol. The number of para-hydroxylation sites is 2. The highest BCUT2D eigenvalue weighted by molar-refractivity contribution is 7.99. The lowest BCUT2D eigenvalue weighted by Crippen LogP contribution is -2.12. The van der Waals surface area contributed by atoms with Gasteiger partial charge in [-0.2, -0.15) is 0 Å². The van der Waals surface area contributed by atoms with Crippen molar-refractivity contribution in [3.8, 4) is 5.69 Å². The van der Waals surface area contributed by atoms with Gasteiger partial charge in [0.15, 0.2) is 11.0 Å². The van der Waals surface area contributed by atoms with Gasteiger partial charge < -0.3 is 10.6 Å². The SMILES string of the molecule is Cc1ccc(NC(=O)CCSc2nnc(CNc3ccccc3C)n2-c2ccccc2)cc1. The van der Waals surface area contributed by atoms with Gasteiger partial charge in [-0.05, 0) is 49.7 Å². The summed E-state index contributed by atoms with van der Waals surface area (Å²) in [4.78, 5) is 12.4. The second-order valence-corrected chi connectivity index (χ2v) is 8.81. The monoisotopic (exact) mass is 457 g/mol. The van der Waals surface area contributed by atoms with E-state index in [-0.39, 0.29) is 5.91 Å². The van der Waals surface area contributed by atoms with Crippen LogP contribution in [-0.2, 0) is 11.3 Å². The molecule has 0 aliphatic heterocycles. The summed E-state index contributed by atoms with van der Waals surface area (Å²) in [5.74, 6) is 1.41. The van der Waals surface area contributed by atoms with E-state index in [0.29, 0.717) is 18.7 Å². The summed E-state index contributed by atoms with van der Waals surface area (Å²) in [5.41, 5.74) is 5.22. The fourth-order valence-corrected chi connectivity index (χ4v) is 4.29. The fourth-order valence-electron chi connectivity index (χ4n) is 3.39. The lowest BCUT2D eigenvalue weighted by atomic mass is 10.2. The molecule has 0 radical (unpaired) electrons. The Morgan fingerprint density at radius 2 is 1.64 bits per heavy atom. The van der Waals surface area contributed by atoms with E-state index in [0.717, 1.165) is 33.6 Å². The van der Waals surface area contributed by atoms with Gasteiger partial charge in [0.1, 0.15) is 0 Å². The number of nitrogens with zero attached hydrogens (tertiary/aromatic N) is 3. The van der Waals surface area contributed by atoms with E-state index in [4.69, 9.17) is 0 Å². The van der Waals surface area contributed by atoms with Gasteiger partial charge in [0.05, 0.1) is 6.54 Å². The van der Waals surface area contributed by atoms with Crippen molar-refractivity contribution in [2.24, 2.45) is 0 Å². The topological polar surface area (TPSA) is 71.8 Å². The van der Waals surface area contributed by atoms with Gasteiger partial charge in [-0.3, -0.25) is 9.36 Å². The molecule has 1 aromatic heterocycles. The molecule has 2 N–H and O–H groups in total. The number of rotatable bonds is 9. The third-order valence-corrected chi connectivity index (χ3v) is 6.12. The summed E-state index contributed by atoms with van der Waals surface area (Å²) in [7, 11) is 0. The molecule has 0 spiro atoms. The van der Waals surface area contributed by atoms with Crippen LogP contribution in [0.5, 0.6) is 0 Å². The van der Waals surface area contributed by atoms with Crippen LogP contribution in [0.25, 0.3) is 5.69 Å². The largest absolute Gasteiger partial charge is 0.378 e. The molecule has 7 heteroatoms. The molecule has 1 amide bonds. The van der Waals surface area contributed by atoms with E-state index in [9.17, 15) is 4.79 Å². The Balaban J connectivity index is 1.43. The standard InChI is InChI=1S/C26H27N5OS/c1-19-12-14-21(15-13-19)28-25(32)16-17-33-26-30-29-24(31(26)22-9-4-3-5-10-22)18-27-23-11-7-6-8-20(23)2/h3-15,27H,16-18H2,1-2H3,(H,28,32). The first-order valence-electron chi connectivity index (χ1n) is 10.9. The van der Waals surface area contributed by atoms with Crippen LogP contribution in [0.15, 0.2) is 84.0 Å². The number of benzene rings is 3. The van der Waals surface area contributed by atoms with Gasteiger partial charge in [0.2, 0.25) is 5.91 Å². The molecule has 0 aliphatic rings. The summed E-state index contributed by atoms with van der Waals surface area (Å²) in [5, 5.41) is 16.0. The maximum atomic E-state index is 12.4. The van der Waals surface area contributed by atoms with Crippen molar-refractivity contribution in [1.82, 2.24) is 14.8 Å². The number of carbonyl (C=O) groups is 1. The van der Waals surface area contributed by atoms with E-state index in [2.05, 4.69) is 39.9 Å². The summed E-state index contributed by atoms with van der Waals surface area (Å²) in [6.45, 7) is 4.64. The van der Waals surface area contributed by atoms with Crippen molar-refractivity contribution >= 4 is 29.0 Å². The molecule has 3 aromatic carbocycles. The second-order valence-electron chi connectivity index (χ2n) is 7.75. The normalized spacial score (nSPS) is 10.7. The Morgan fingerprint density at radius 3 is 2.39 bits per heavy atom. The Hall–Kier alpha value is -3.58. The molecule has 0 aliphatic carbocycles. The minimum atomic E-state index is -0.0152. The fraction of sp³-hybridized carbons (Fsp3) is 0.192. The van der Waals surface area contributed by atoms with Crippen LogP contribution < -0.4 is 10.6 Å². The average Bonchev–Trinajstić information content (AvgIpc) is 3.23. The van der Waals surface area contributed by atoms with Crippen LogP contribution in [-0.4, -0.2) is 26.4 Å². The Morgan fingerprint density at radius 1 is 0.909 bits per heavy atom. The first-order valence-corrected chi connectivity index (χ1v) is 11.9. The number of thioether (sulfide) groups is 1. The number of hydrogen-bond acceptors (Lipinski definition) is 5. The van der Waals surface area contributed by atoms with E-state index >= 15 is 0 Å². The van der Waals surface area contributed by atoms with E-state index in [1.165, 1.54) is 17.3 Å². The number of hydrogen-bond donors (Lipinski definition) is 2. The van der Waals surface area contributed by atoms with Crippen LogP contribution in [0.4, 0.5) is 11.4 Å². The number of carbonyl (C=O) groups excluding carboxylic acids is 1. The van der Waals surface area contributed by atoms with Crippen molar-refractivity contribution in [1.29, 1.82) is 0 Å². The highest BCUT2D eigenvalue weighted by Crippen LogP contribution is 2.24. The molecule has 0 bridgehead atoms. The first-order chi connectivity index (χ1) is 16.1. The minimum absolute atomic E-state index is 0.0152. The van der Waals surface area contributed by atoms with Gasteiger partial charge in [0, 0.05) is 29.2 Å². The zero-order valence-electron chi connectivity index (χ0n) is 18.8. The van der Waals surface area contributed by atoms with Gasteiger partial charge in [-0.25, -0.2) is 0 Å². The molecule has 4 rings (SSSR count). The van der Waals surface area contributed by atoms with Gasteiger partial charge in [-0.15, -0.1) is 10.2 Å². The van der Waals surface area contributed by atoms with Gasteiger partial charge in [0.25, 0.3) is 0 Å². The third kappa shape index (κ3) is 6.02. The van der Waals surface area contributed by atoms with Crippen LogP contribution in [0, 0.1) is 13.8 Å². The average molecular weight is 458 g/mol. The Labute approximate surface area is 198 Å². The van der Waals surface area contributed by atoms with Crippen molar-refractivity contribution in [3.05, 3.63) is 95.8 Å². The summed E-state index contributed by atoms with van der Waals surface area (Å²) >= 11 is 1.53. The summed E-state index contributed by atoms with van der Waals surface area (Å²) in [6, 6.07) is 26.0.